The van der Waals surface area contributed by atoms with Gasteiger partial charge >= 0.3 is 11.6 Å². The van der Waals surface area contributed by atoms with Crippen molar-refractivity contribution in [2.75, 3.05) is 7.11 Å². The molecular formula is C21H16N2O5S. The van der Waals surface area contributed by atoms with E-state index in [-0.39, 0.29) is 13.0 Å². The second kappa shape index (κ2) is 8.24. The molecule has 0 aliphatic rings. The summed E-state index contributed by atoms with van der Waals surface area (Å²) in [4.78, 5) is 32.8. The molecule has 0 amide bonds. The van der Waals surface area contributed by atoms with Crippen LogP contribution in [-0.4, -0.2) is 23.0 Å². The van der Waals surface area contributed by atoms with Crippen LogP contribution in [-0.2, 0) is 22.6 Å². The van der Waals surface area contributed by atoms with Crippen molar-refractivity contribution in [3.63, 3.8) is 0 Å². The Hall–Kier alpha value is -3.52. The molecule has 0 bridgehead atoms. The topological polar surface area (TPSA) is 91.5 Å². The fourth-order valence-electron chi connectivity index (χ4n) is 2.81. The first-order valence-corrected chi connectivity index (χ1v) is 9.62. The van der Waals surface area contributed by atoms with E-state index < -0.39 is 11.6 Å². The molecule has 0 spiro atoms. The molecule has 146 valence electrons. The van der Waals surface area contributed by atoms with E-state index in [0.717, 1.165) is 10.7 Å². The number of ether oxygens (including phenoxy) is 2. The van der Waals surface area contributed by atoms with Crippen molar-refractivity contribution in [1.82, 2.24) is 9.97 Å². The molecule has 0 radical (unpaired) electrons. The zero-order valence-corrected chi connectivity index (χ0v) is 16.3. The lowest BCUT2D eigenvalue weighted by Gasteiger charge is -2.08. The van der Waals surface area contributed by atoms with Crippen LogP contribution in [0.5, 0.6) is 5.75 Å². The molecule has 4 rings (SSSR count). The largest absolute Gasteiger partial charge is 0.497 e. The number of rotatable bonds is 6. The van der Waals surface area contributed by atoms with Crippen LogP contribution in [0.15, 0.2) is 63.3 Å². The summed E-state index contributed by atoms with van der Waals surface area (Å²) in [6, 6.07) is 12.0. The van der Waals surface area contributed by atoms with Crippen molar-refractivity contribution in [3.8, 4) is 16.5 Å². The van der Waals surface area contributed by atoms with Gasteiger partial charge in [0.05, 0.1) is 24.9 Å². The van der Waals surface area contributed by atoms with Gasteiger partial charge in [-0.2, -0.15) is 0 Å². The van der Waals surface area contributed by atoms with Crippen LogP contribution >= 0.6 is 11.3 Å². The highest BCUT2D eigenvalue weighted by Crippen LogP contribution is 2.24. The number of hydrogen-bond acceptors (Lipinski definition) is 8. The lowest BCUT2D eigenvalue weighted by molar-refractivity contribution is -0.144. The van der Waals surface area contributed by atoms with Gasteiger partial charge in [0, 0.05) is 34.7 Å². The van der Waals surface area contributed by atoms with Crippen LogP contribution in [0.2, 0.25) is 0 Å². The summed E-state index contributed by atoms with van der Waals surface area (Å²) in [7, 11) is 1.53. The molecule has 0 aliphatic carbocycles. The van der Waals surface area contributed by atoms with Crippen molar-refractivity contribution in [2.24, 2.45) is 0 Å². The maximum atomic E-state index is 12.3. The lowest BCUT2D eigenvalue weighted by Crippen LogP contribution is -2.10. The summed E-state index contributed by atoms with van der Waals surface area (Å²) in [6.07, 6.45) is 1.73. The average Bonchev–Trinajstić information content (AvgIpc) is 3.20. The van der Waals surface area contributed by atoms with Crippen LogP contribution in [0.3, 0.4) is 0 Å². The number of esters is 1. The van der Waals surface area contributed by atoms with E-state index >= 15 is 0 Å². The Bertz CT molecular complexity index is 1220. The second-order valence-electron chi connectivity index (χ2n) is 6.15. The Morgan fingerprint density at radius 1 is 1.21 bits per heavy atom. The van der Waals surface area contributed by atoms with Crippen molar-refractivity contribution in [3.05, 3.63) is 75.7 Å². The summed E-state index contributed by atoms with van der Waals surface area (Å²) >= 11 is 1.42. The number of fused-ring (bicyclic) bond motifs is 1. The number of aromatic nitrogens is 2. The molecule has 29 heavy (non-hydrogen) atoms. The van der Waals surface area contributed by atoms with Gasteiger partial charge in [-0.05, 0) is 24.3 Å². The lowest BCUT2D eigenvalue weighted by atomic mass is 10.1. The quantitative estimate of drug-likeness (QED) is 0.355. The van der Waals surface area contributed by atoms with Crippen LogP contribution in [0.25, 0.3) is 21.7 Å². The summed E-state index contributed by atoms with van der Waals surface area (Å²) < 4.78 is 15.7. The van der Waals surface area contributed by atoms with E-state index in [1.807, 2.05) is 23.6 Å². The molecule has 0 unspecified atom stereocenters. The number of benzene rings is 1. The molecule has 3 heterocycles. The molecule has 7 nitrogen and oxygen atoms in total. The van der Waals surface area contributed by atoms with Crippen LogP contribution in [0.1, 0.15) is 11.3 Å². The summed E-state index contributed by atoms with van der Waals surface area (Å²) in [5.41, 5.74) is 1.80. The highest BCUT2D eigenvalue weighted by molar-refractivity contribution is 7.13. The van der Waals surface area contributed by atoms with Gasteiger partial charge in [0.25, 0.3) is 0 Å². The highest BCUT2D eigenvalue weighted by atomic mass is 32.1. The molecule has 0 saturated heterocycles. The summed E-state index contributed by atoms with van der Waals surface area (Å²) in [5, 5.41) is 3.24. The van der Waals surface area contributed by atoms with Gasteiger partial charge in [0.1, 0.15) is 22.9 Å². The number of methoxy groups -OCH3 is 1. The molecule has 0 aliphatic heterocycles. The predicted molar refractivity (Wildman–Crippen MR) is 108 cm³/mol. The average molecular weight is 408 g/mol. The van der Waals surface area contributed by atoms with Crippen molar-refractivity contribution >= 4 is 28.3 Å². The minimum absolute atomic E-state index is 0.0372. The first-order chi connectivity index (χ1) is 14.1. The molecule has 0 fully saturated rings. The Kier molecular flexibility index (Phi) is 5.35. The van der Waals surface area contributed by atoms with E-state index in [1.54, 1.807) is 24.4 Å². The molecule has 3 aromatic heterocycles. The van der Waals surface area contributed by atoms with Crippen molar-refractivity contribution in [2.45, 2.75) is 13.0 Å². The van der Waals surface area contributed by atoms with Gasteiger partial charge in [-0.3, -0.25) is 9.78 Å². The minimum Gasteiger partial charge on any atom is -0.497 e. The Labute approximate surface area is 169 Å². The van der Waals surface area contributed by atoms with Gasteiger partial charge in [-0.25, -0.2) is 9.78 Å². The third kappa shape index (κ3) is 4.33. The molecule has 4 aromatic rings. The Morgan fingerprint density at radius 2 is 2.10 bits per heavy atom. The molecule has 0 saturated carbocycles. The SMILES string of the molecule is COc1ccc2c(COC(=O)Cc3csc(-c4ccccn4)n3)cc(=O)oc2c1. The van der Waals surface area contributed by atoms with Crippen molar-refractivity contribution in [1.29, 1.82) is 0 Å². The van der Waals surface area contributed by atoms with Gasteiger partial charge in [0.15, 0.2) is 0 Å². The number of thiazole rings is 1. The first-order valence-electron chi connectivity index (χ1n) is 8.74. The zero-order chi connectivity index (χ0) is 20.2. The van der Waals surface area contributed by atoms with E-state index in [4.69, 9.17) is 13.9 Å². The number of carbonyl (C=O) groups is 1. The fourth-order valence-corrected chi connectivity index (χ4v) is 3.60. The van der Waals surface area contributed by atoms with E-state index in [2.05, 4.69) is 9.97 Å². The normalized spacial score (nSPS) is 10.8. The maximum Gasteiger partial charge on any atom is 0.336 e. The fraction of sp³-hybridized carbons (Fsp3) is 0.143. The molecule has 0 atom stereocenters. The molecule has 8 heteroatoms. The molecular weight excluding hydrogens is 392 g/mol. The first kappa shape index (κ1) is 18.8. The summed E-state index contributed by atoms with van der Waals surface area (Å²) in [6.45, 7) is -0.0372. The standard InChI is InChI=1S/C21H16N2O5S/c1-26-15-5-6-16-13(8-20(25)28-18(16)10-15)11-27-19(24)9-14-12-29-21(23-14)17-4-2-3-7-22-17/h2-8,10,12H,9,11H2,1H3. The van der Waals surface area contributed by atoms with Crippen LogP contribution in [0.4, 0.5) is 0 Å². The van der Waals surface area contributed by atoms with Gasteiger partial charge < -0.3 is 13.9 Å². The maximum absolute atomic E-state index is 12.3. The van der Waals surface area contributed by atoms with Gasteiger partial charge in [0.2, 0.25) is 0 Å². The van der Waals surface area contributed by atoms with Crippen molar-refractivity contribution < 1.29 is 18.7 Å². The number of nitrogens with zero attached hydrogens (tertiary/aromatic N) is 2. The molecule has 1 aromatic carbocycles. The second-order valence-corrected chi connectivity index (χ2v) is 7.01. The smallest absolute Gasteiger partial charge is 0.336 e. The third-order valence-corrected chi connectivity index (χ3v) is 5.10. The summed E-state index contributed by atoms with van der Waals surface area (Å²) in [5.74, 6) is 0.139. The monoisotopic (exact) mass is 408 g/mol. The number of hydrogen-bond donors (Lipinski definition) is 0. The number of pyridine rings is 1. The number of carbonyl (C=O) groups excluding carboxylic acids is 1. The third-order valence-electron chi connectivity index (χ3n) is 4.19. The van der Waals surface area contributed by atoms with Crippen LogP contribution < -0.4 is 10.4 Å². The van der Waals surface area contributed by atoms with E-state index in [9.17, 15) is 9.59 Å². The van der Waals surface area contributed by atoms with E-state index in [0.29, 0.717) is 28.0 Å². The van der Waals surface area contributed by atoms with Crippen LogP contribution in [0, 0.1) is 0 Å². The minimum atomic E-state index is -0.517. The Morgan fingerprint density at radius 3 is 2.90 bits per heavy atom. The van der Waals surface area contributed by atoms with Gasteiger partial charge in [-0.15, -0.1) is 11.3 Å². The Balaban J connectivity index is 1.45. The highest BCUT2D eigenvalue weighted by Gasteiger charge is 2.13. The van der Waals surface area contributed by atoms with Gasteiger partial charge in [-0.1, -0.05) is 6.07 Å². The molecule has 0 N–H and O–H groups in total. The van der Waals surface area contributed by atoms with E-state index in [1.165, 1.54) is 24.5 Å². The zero-order valence-electron chi connectivity index (χ0n) is 15.5. The predicted octanol–water partition coefficient (Wildman–Crippen LogP) is 3.61.